The Hall–Kier alpha value is -3.73. The number of carbonyl (C=O) groups is 3. The van der Waals surface area contributed by atoms with Crippen molar-refractivity contribution in [2.75, 3.05) is 13.2 Å². The molecule has 0 aliphatic heterocycles. The largest absolute Gasteiger partial charge is 0.452 e. The van der Waals surface area contributed by atoms with Gasteiger partial charge in [-0.15, -0.1) is 0 Å². The molecule has 0 fully saturated rings. The summed E-state index contributed by atoms with van der Waals surface area (Å²) in [5, 5.41) is 2.75. The Morgan fingerprint density at radius 1 is 0.800 bits per heavy atom. The highest BCUT2D eigenvalue weighted by Crippen LogP contribution is 2.16. The zero-order chi connectivity index (χ0) is 21.3. The normalized spacial score (nSPS) is 10.3. The van der Waals surface area contributed by atoms with Crippen molar-refractivity contribution < 1.29 is 19.1 Å². The lowest BCUT2D eigenvalue weighted by atomic mass is 9.98. The van der Waals surface area contributed by atoms with Crippen molar-refractivity contribution >= 4 is 17.7 Å². The molecule has 5 heteroatoms. The summed E-state index contributed by atoms with van der Waals surface area (Å²) < 4.78 is 5.14. The monoisotopic (exact) mass is 401 g/mol. The van der Waals surface area contributed by atoms with Crippen molar-refractivity contribution in [3.8, 4) is 0 Å². The summed E-state index contributed by atoms with van der Waals surface area (Å²) in [6.07, 6.45) is 0.695. The van der Waals surface area contributed by atoms with Crippen LogP contribution in [0.5, 0.6) is 0 Å². The SMILES string of the molecule is Cc1ccccc1CCNC(=O)COC(=O)c1ccccc1C(=O)c1ccccc1. The molecule has 5 nitrogen and oxygen atoms in total. The van der Waals surface area contributed by atoms with Gasteiger partial charge < -0.3 is 10.1 Å². The number of ether oxygens (including phenoxy) is 1. The number of aryl methyl sites for hydroxylation is 1. The summed E-state index contributed by atoms with van der Waals surface area (Å²) in [5.41, 5.74) is 3.18. The molecule has 0 bridgehead atoms. The molecule has 0 atom stereocenters. The first-order chi connectivity index (χ1) is 14.6. The van der Waals surface area contributed by atoms with Gasteiger partial charge in [0, 0.05) is 17.7 Å². The predicted molar refractivity (Wildman–Crippen MR) is 114 cm³/mol. The van der Waals surface area contributed by atoms with Crippen LogP contribution in [-0.2, 0) is 16.0 Å². The summed E-state index contributed by atoms with van der Waals surface area (Å²) in [7, 11) is 0. The fraction of sp³-hybridized carbons (Fsp3) is 0.160. The van der Waals surface area contributed by atoms with E-state index in [1.54, 1.807) is 42.5 Å². The summed E-state index contributed by atoms with van der Waals surface area (Å²) in [5.74, 6) is -1.36. The van der Waals surface area contributed by atoms with E-state index in [0.717, 1.165) is 11.1 Å². The number of nitrogens with one attached hydrogen (secondary N) is 1. The summed E-state index contributed by atoms with van der Waals surface area (Å²) in [6.45, 7) is 2.07. The molecule has 0 saturated carbocycles. The molecule has 3 aromatic rings. The number of carbonyl (C=O) groups excluding carboxylic acids is 3. The van der Waals surface area contributed by atoms with E-state index in [0.29, 0.717) is 18.5 Å². The molecule has 0 saturated heterocycles. The summed E-state index contributed by atoms with van der Waals surface area (Å²) in [6, 6.07) is 23.1. The van der Waals surface area contributed by atoms with Gasteiger partial charge in [0.2, 0.25) is 0 Å². The zero-order valence-electron chi connectivity index (χ0n) is 16.8. The van der Waals surface area contributed by atoms with Gasteiger partial charge in [-0.2, -0.15) is 0 Å². The van der Waals surface area contributed by atoms with E-state index in [4.69, 9.17) is 4.74 Å². The van der Waals surface area contributed by atoms with Crippen LogP contribution in [0.4, 0.5) is 0 Å². The molecular formula is C25H23NO4. The van der Waals surface area contributed by atoms with E-state index in [-0.39, 0.29) is 22.8 Å². The fourth-order valence-corrected chi connectivity index (χ4v) is 3.09. The number of hydrogen-bond acceptors (Lipinski definition) is 4. The minimum atomic E-state index is -0.705. The van der Waals surface area contributed by atoms with Gasteiger partial charge in [-0.1, -0.05) is 72.8 Å². The molecule has 152 valence electrons. The number of amides is 1. The molecule has 0 aromatic heterocycles. The van der Waals surface area contributed by atoms with Gasteiger partial charge in [0.15, 0.2) is 12.4 Å². The molecule has 0 spiro atoms. The minimum absolute atomic E-state index is 0.138. The lowest BCUT2D eigenvalue weighted by Crippen LogP contribution is -2.30. The Bertz CT molecular complexity index is 1040. The van der Waals surface area contributed by atoms with E-state index in [1.807, 2.05) is 37.3 Å². The van der Waals surface area contributed by atoms with Gasteiger partial charge in [-0.25, -0.2) is 4.79 Å². The highest BCUT2D eigenvalue weighted by Gasteiger charge is 2.19. The molecule has 0 aliphatic rings. The van der Waals surface area contributed by atoms with Crippen LogP contribution >= 0.6 is 0 Å². The third-order valence-electron chi connectivity index (χ3n) is 4.74. The van der Waals surface area contributed by atoms with Crippen molar-refractivity contribution in [2.24, 2.45) is 0 Å². The van der Waals surface area contributed by atoms with Gasteiger partial charge >= 0.3 is 5.97 Å². The van der Waals surface area contributed by atoms with Crippen LogP contribution in [-0.4, -0.2) is 30.8 Å². The summed E-state index contributed by atoms with van der Waals surface area (Å²) >= 11 is 0. The molecule has 0 radical (unpaired) electrons. The first-order valence-corrected chi connectivity index (χ1v) is 9.73. The molecule has 0 unspecified atom stereocenters. The fourth-order valence-electron chi connectivity index (χ4n) is 3.09. The maximum atomic E-state index is 12.7. The van der Waals surface area contributed by atoms with Crippen molar-refractivity contribution in [1.82, 2.24) is 5.32 Å². The molecular weight excluding hydrogens is 378 g/mol. The van der Waals surface area contributed by atoms with E-state index in [9.17, 15) is 14.4 Å². The Morgan fingerprint density at radius 3 is 2.17 bits per heavy atom. The average molecular weight is 401 g/mol. The smallest absolute Gasteiger partial charge is 0.339 e. The maximum absolute atomic E-state index is 12.7. The Labute approximate surface area is 175 Å². The summed E-state index contributed by atoms with van der Waals surface area (Å²) in [4.78, 5) is 37.3. The lowest BCUT2D eigenvalue weighted by Gasteiger charge is -2.10. The van der Waals surface area contributed by atoms with Crippen molar-refractivity contribution in [2.45, 2.75) is 13.3 Å². The van der Waals surface area contributed by atoms with Crippen LogP contribution < -0.4 is 5.32 Å². The van der Waals surface area contributed by atoms with Gasteiger partial charge in [0.1, 0.15) is 0 Å². The second-order valence-electron chi connectivity index (χ2n) is 6.84. The second-order valence-corrected chi connectivity index (χ2v) is 6.84. The third kappa shape index (κ3) is 5.41. The van der Waals surface area contributed by atoms with Crippen LogP contribution in [0.25, 0.3) is 0 Å². The molecule has 0 aliphatic carbocycles. The van der Waals surface area contributed by atoms with Crippen LogP contribution in [0.15, 0.2) is 78.9 Å². The Kier molecular flexibility index (Phi) is 7.11. The quantitative estimate of drug-likeness (QED) is 0.461. The lowest BCUT2D eigenvalue weighted by molar-refractivity contribution is -0.124. The number of ketones is 1. The number of rotatable bonds is 8. The van der Waals surface area contributed by atoms with Crippen LogP contribution in [0.2, 0.25) is 0 Å². The number of esters is 1. The first-order valence-electron chi connectivity index (χ1n) is 9.73. The molecule has 3 rings (SSSR count). The van der Waals surface area contributed by atoms with Crippen molar-refractivity contribution in [3.05, 3.63) is 107 Å². The predicted octanol–water partition coefficient (Wildman–Crippen LogP) is 3.74. The Balaban J connectivity index is 1.55. The molecule has 30 heavy (non-hydrogen) atoms. The first kappa shape index (κ1) is 21.0. The average Bonchev–Trinajstić information content (AvgIpc) is 2.79. The van der Waals surface area contributed by atoms with Gasteiger partial charge in [0.05, 0.1) is 5.56 Å². The molecule has 3 aromatic carbocycles. The maximum Gasteiger partial charge on any atom is 0.339 e. The van der Waals surface area contributed by atoms with Crippen LogP contribution in [0.1, 0.15) is 37.4 Å². The minimum Gasteiger partial charge on any atom is -0.452 e. The Morgan fingerprint density at radius 2 is 1.43 bits per heavy atom. The number of hydrogen-bond donors (Lipinski definition) is 1. The van der Waals surface area contributed by atoms with Crippen LogP contribution in [0.3, 0.4) is 0 Å². The van der Waals surface area contributed by atoms with E-state index >= 15 is 0 Å². The van der Waals surface area contributed by atoms with E-state index < -0.39 is 12.6 Å². The molecule has 1 amide bonds. The highest BCUT2D eigenvalue weighted by atomic mass is 16.5. The zero-order valence-corrected chi connectivity index (χ0v) is 16.8. The van der Waals surface area contributed by atoms with E-state index in [1.165, 1.54) is 6.07 Å². The molecule has 0 heterocycles. The van der Waals surface area contributed by atoms with Gasteiger partial charge in [-0.3, -0.25) is 9.59 Å². The second kappa shape index (κ2) is 10.2. The van der Waals surface area contributed by atoms with Gasteiger partial charge in [-0.05, 0) is 30.5 Å². The number of benzene rings is 3. The van der Waals surface area contributed by atoms with Crippen LogP contribution in [0, 0.1) is 6.92 Å². The van der Waals surface area contributed by atoms with Gasteiger partial charge in [0.25, 0.3) is 5.91 Å². The highest BCUT2D eigenvalue weighted by molar-refractivity contribution is 6.14. The topological polar surface area (TPSA) is 72.5 Å². The van der Waals surface area contributed by atoms with E-state index in [2.05, 4.69) is 5.32 Å². The van der Waals surface area contributed by atoms with Crippen molar-refractivity contribution in [3.63, 3.8) is 0 Å². The van der Waals surface area contributed by atoms with Crippen molar-refractivity contribution in [1.29, 1.82) is 0 Å². The molecule has 1 N–H and O–H groups in total. The third-order valence-corrected chi connectivity index (χ3v) is 4.74. The standard InChI is InChI=1S/C25H23NO4/c1-18-9-5-6-10-19(18)15-16-26-23(27)17-30-25(29)22-14-8-7-13-21(22)24(28)20-11-3-2-4-12-20/h2-14H,15-17H2,1H3,(H,26,27).